The first kappa shape index (κ1) is 24.6. The van der Waals surface area contributed by atoms with Crippen LogP contribution in [0.2, 0.25) is 0 Å². The molecule has 0 saturated heterocycles. The summed E-state index contributed by atoms with van der Waals surface area (Å²) in [4.78, 5) is 25.1. The van der Waals surface area contributed by atoms with Crippen molar-refractivity contribution in [3.8, 4) is 23.0 Å². The number of carbonyl (C=O) groups excluding carboxylic acids is 1. The molecule has 184 valence electrons. The number of ether oxygens (including phenoxy) is 3. The van der Waals surface area contributed by atoms with Gasteiger partial charge in [-0.15, -0.1) is 0 Å². The van der Waals surface area contributed by atoms with Crippen LogP contribution in [-0.4, -0.2) is 13.1 Å². The lowest BCUT2D eigenvalue weighted by molar-refractivity contribution is -0.154. The largest absolute Gasteiger partial charge is 0.497 e. The van der Waals surface area contributed by atoms with Crippen molar-refractivity contribution in [2.24, 2.45) is 0 Å². The summed E-state index contributed by atoms with van der Waals surface area (Å²) < 4.78 is 61.8. The van der Waals surface area contributed by atoms with E-state index in [1.54, 1.807) is 43.3 Å². The Bertz CT molecular complexity index is 1500. The average molecular weight is 496 g/mol. The number of alkyl halides is 3. The monoisotopic (exact) mass is 496 g/mol. The van der Waals surface area contributed by atoms with Gasteiger partial charge in [0.1, 0.15) is 22.8 Å². The van der Waals surface area contributed by atoms with Gasteiger partial charge in [-0.25, -0.2) is 4.79 Å². The van der Waals surface area contributed by atoms with E-state index in [9.17, 15) is 22.8 Å². The number of hydrogen-bond acceptors (Lipinski definition) is 6. The molecule has 1 aromatic heterocycles. The third-order valence-electron chi connectivity index (χ3n) is 5.04. The van der Waals surface area contributed by atoms with E-state index in [2.05, 4.69) is 0 Å². The van der Waals surface area contributed by atoms with Gasteiger partial charge in [-0.3, -0.25) is 4.79 Å². The molecule has 0 unspecified atom stereocenters. The summed E-state index contributed by atoms with van der Waals surface area (Å²) in [5.41, 5.74) is 0.0164. The number of halogens is 3. The van der Waals surface area contributed by atoms with Crippen molar-refractivity contribution >= 4 is 23.0 Å². The zero-order valence-electron chi connectivity index (χ0n) is 19.1. The molecule has 0 bridgehead atoms. The summed E-state index contributed by atoms with van der Waals surface area (Å²) in [7, 11) is 1.53. The van der Waals surface area contributed by atoms with Crippen LogP contribution in [0.4, 0.5) is 13.2 Å². The van der Waals surface area contributed by atoms with Crippen molar-refractivity contribution in [2.45, 2.75) is 13.1 Å². The van der Waals surface area contributed by atoms with E-state index in [1.807, 2.05) is 0 Å². The van der Waals surface area contributed by atoms with Crippen LogP contribution in [0.15, 0.2) is 82.0 Å². The maximum Gasteiger partial charge on any atom is 0.453 e. The third-order valence-corrected chi connectivity index (χ3v) is 5.04. The molecule has 6 nitrogen and oxygen atoms in total. The van der Waals surface area contributed by atoms with Crippen molar-refractivity contribution in [2.75, 3.05) is 7.11 Å². The highest BCUT2D eigenvalue weighted by atomic mass is 19.4. The fraction of sp³-hybridized carbons (Fsp3) is 0.111. The molecule has 4 aromatic rings. The normalized spacial score (nSPS) is 11.6. The molecule has 9 heteroatoms. The molecule has 0 atom stereocenters. The fourth-order valence-electron chi connectivity index (χ4n) is 3.33. The van der Waals surface area contributed by atoms with E-state index >= 15 is 0 Å². The average Bonchev–Trinajstić information content (AvgIpc) is 2.84. The van der Waals surface area contributed by atoms with E-state index < -0.39 is 34.7 Å². The standard InChI is InChI=1S/C27H19F3O6/c1-16-4-3-5-19(14-16)35-25-24(32)21-12-11-20(15-22(21)36-26(25)27(28,29)30)34-23(31)13-8-17-6-9-18(33-2)10-7-17/h3-15H,1-2H3/b13-8+. The van der Waals surface area contributed by atoms with Crippen molar-refractivity contribution in [3.05, 3.63) is 99.9 Å². The Morgan fingerprint density at radius 2 is 1.67 bits per heavy atom. The van der Waals surface area contributed by atoms with Crippen molar-refractivity contribution in [3.63, 3.8) is 0 Å². The molecular formula is C27H19F3O6. The zero-order chi connectivity index (χ0) is 25.9. The van der Waals surface area contributed by atoms with Gasteiger partial charge in [0.2, 0.25) is 11.2 Å². The Kier molecular flexibility index (Phi) is 6.82. The van der Waals surface area contributed by atoms with Crippen LogP contribution in [-0.2, 0) is 11.0 Å². The van der Waals surface area contributed by atoms with Crippen molar-refractivity contribution in [1.82, 2.24) is 0 Å². The van der Waals surface area contributed by atoms with Gasteiger partial charge in [-0.1, -0.05) is 24.3 Å². The first-order valence-corrected chi connectivity index (χ1v) is 10.6. The highest BCUT2D eigenvalue weighted by molar-refractivity contribution is 5.89. The second kappa shape index (κ2) is 9.99. The highest BCUT2D eigenvalue weighted by Gasteiger charge is 2.40. The first-order valence-electron chi connectivity index (χ1n) is 10.6. The molecule has 0 N–H and O–H groups in total. The van der Waals surface area contributed by atoms with Gasteiger partial charge in [0, 0.05) is 12.1 Å². The van der Waals surface area contributed by atoms with Gasteiger partial charge in [0.15, 0.2) is 0 Å². The summed E-state index contributed by atoms with van der Waals surface area (Å²) in [6.45, 7) is 1.73. The van der Waals surface area contributed by atoms with Crippen LogP contribution in [0.5, 0.6) is 23.0 Å². The molecule has 3 aromatic carbocycles. The van der Waals surface area contributed by atoms with E-state index in [1.165, 1.54) is 37.5 Å². The summed E-state index contributed by atoms with van der Waals surface area (Å²) >= 11 is 0. The minimum absolute atomic E-state index is 0.0568. The number of hydrogen-bond donors (Lipinski definition) is 0. The predicted molar refractivity (Wildman–Crippen MR) is 126 cm³/mol. The van der Waals surface area contributed by atoms with Crippen LogP contribution in [0.25, 0.3) is 17.0 Å². The SMILES string of the molecule is COc1ccc(/C=C/C(=O)Oc2ccc3c(=O)c(Oc4cccc(C)c4)c(C(F)(F)F)oc3c2)cc1. The first-order chi connectivity index (χ1) is 17.1. The highest BCUT2D eigenvalue weighted by Crippen LogP contribution is 2.38. The maximum atomic E-state index is 13.7. The Hall–Kier alpha value is -4.53. The number of esters is 1. The van der Waals surface area contributed by atoms with Gasteiger partial charge >= 0.3 is 12.1 Å². The molecule has 0 aliphatic heterocycles. The van der Waals surface area contributed by atoms with Gasteiger partial charge in [-0.05, 0) is 60.5 Å². The van der Waals surface area contributed by atoms with Gasteiger partial charge in [0.05, 0.1) is 12.5 Å². The van der Waals surface area contributed by atoms with Crippen molar-refractivity contribution < 1.29 is 36.6 Å². The Morgan fingerprint density at radius 3 is 2.33 bits per heavy atom. The molecule has 1 heterocycles. The molecule has 0 amide bonds. The molecule has 0 aliphatic rings. The van der Waals surface area contributed by atoms with Crippen molar-refractivity contribution in [1.29, 1.82) is 0 Å². The smallest absolute Gasteiger partial charge is 0.453 e. The number of benzene rings is 3. The van der Waals surface area contributed by atoms with Crippen LogP contribution < -0.4 is 19.6 Å². The molecule has 36 heavy (non-hydrogen) atoms. The fourth-order valence-corrected chi connectivity index (χ4v) is 3.33. The zero-order valence-corrected chi connectivity index (χ0v) is 19.1. The van der Waals surface area contributed by atoms with Crippen LogP contribution in [0, 0.1) is 6.92 Å². The van der Waals surface area contributed by atoms with Gasteiger partial charge in [-0.2, -0.15) is 13.2 Å². The lowest BCUT2D eigenvalue weighted by Crippen LogP contribution is -2.15. The minimum atomic E-state index is -5.01. The number of methoxy groups -OCH3 is 1. The Morgan fingerprint density at radius 1 is 0.944 bits per heavy atom. The molecule has 0 saturated carbocycles. The second-order valence-corrected chi connectivity index (χ2v) is 7.69. The van der Waals surface area contributed by atoms with E-state index in [0.29, 0.717) is 11.3 Å². The summed E-state index contributed by atoms with van der Waals surface area (Å²) in [6.07, 6.45) is -2.36. The summed E-state index contributed by atoms with van der Waals surface area (Å²) in [5, 5.41) is -0.167. The molecule has 0 aliphatic carbocycles. The number of rotatable bonds is 6. The third kappa shape index (κ3) is 5.57. The quantitative estimate of drug-likeness (QED) is 0.171. The summed E-state index contributed by atoms with van der Waals surface area (Å²) in [6, 6.07) is 16.6. The number of fused-ring (bicyclic) bond motifs is 1. The second-order valence-electron chi connectivity index (χ2n) is 7.69. The number of aryl methyl sites for hydroxylation is 1. The predicted octanol–water partition coefficient (Wildman–Crippen LogP) is 6.54. The molecule has 0 fully saturated rings. The molecule has 4 rings (SSSR count). The van der Waals surface area contributed by atoms with E-state index in [0.717, 1.165) is 17.7 Å². The molecular weight excluding hydrogens is 477 g/mol. The van der Waals surface area contributed by atoms with Crippen LogP contribution >= 0.6 is 0 Å². The minimum Gasteiger partial charge on any atom is -0.497 e. The molecule has 0 spiro atoms. The van der Waals surface area contributed by atoms with Crippen LogP contribution in [0.3, 0.4) is 0 Å². The lowest BCUT2D eigenvalue weighted by Gasteiger charge is -2.13. The number of carbonyl (C=O) groups is 1. The summed E-state index contributed by atoms with van der Waals surface area (Å²) in [5.74, 6) is -2.74. The maximum absolute atomic E-state index is 13.7. The molecule has 0 radical (unpaired) electrons. The Labute approximate surface area is 203 Å². The van der Waals surface area contributed by atoms with Gasteiger partial charge in [0.25, 0.3) is 5.76 Å². The van der Waals surface area contributed by atoms with Crippen LogP contribution in [0.1, 0.15) is 16.9 Å². The lowest BCUT2D eigenvalue weighted by atomic mass is 10.2. The van der Waals surface area contributed by atoms with Gasteiger partial charge < -0.3 is 18.6 Å². The topological polar surface area (TPSA) is 75.0 Å². The Balaban J connectivity index is 1.63. The van der Waals surface area contributed by atoms with E-state index in [-0.39, 0.29) is 16.9 Å². The van der Waals surface area contributed by atoms with E-state index in [4.69, 9.17) is 18.6 Å².